The lowest BCUT2D eigenvalue weighted by atomic mass is 10.1. The Labute approximate surface area is 112 Å². The molecule has 4 heteroatoms. The molecule has 100 valence electrons. The van der Waals surface area contributed by atoms with Crippen molar-refractivity contribution >= 4 is 17.4 Å². The third-order valence-electron chi connectivity index (χ3n) is 3.30. The van der Waals surface area contributed by atoms with Crippen LogP contribution in [0.5, 0.6) is 0 Å². The van der Waals surface area contributed by atoms with Gasteiger partial charge in [-0.1, -0.05) is 24.3 Å². The summed E-state index contributed by atoms with van der Waals surface area (Å²) in [6.45, 7) is 4.40. The van der Waals surface area contributed by atoms with Crippen molar-refractivity contribution in [3.8, 4) is 0 Å². The molecule has 0 aliphatic heterocycles. The van der Waals surface area contributed by atoms with Crippen LogP contribution in [0.3, 0.4) is 0 Å². The number of hydrogen-bond donors (Lipinski definition) is 2. The predicted molar refractivity (Wildman–Crippen MR) is 74.4 cm³/mol. The van der Waals surface area contributed by atoms with E-state index in [-0.39, 0.29) is 18.4 Å². The number of amides is 2. The van der Waals surface area contributed by atoms with Crippen LogP contribution < -0.4 is 10.6 Å². The van der Waals surface area contributed by atoms with Crippen molar-refractivity contribution in [2.45, 2.75) is 20.3 Å². The second kappa shape index (κ2) is 5.69. The van der Waals surface area contributed by atoms with Gasteiger partial charge in [-0.25, -0.2) is 0 Å². The van der Waals surface area contributed by atoms with E-state index in [2.05, 4.69) is 10.6 Å². The zero-order valence-electron chi connectivity index (χ0n) is 11.2. The third kappa shape index (κ3) is 2.84. The molecule has 0 fully saturated rings. The van der Waals surface area contributed by atoms with E-state index in [1.165, 1.54) is 5.56 Å². The molecule has 0 saturated heterocycles. The van der Waals surface area contributed by atoms with Gasteiger partial charge in [-0.3, -0.25) is 9.59 Å². The van der Waals surface area contributed by atoms with E-state index in [0.29, 0.717) is 13.0 Å². The molecule has 0 aromatic heterocycles. The van der Waals surface area contributed by atoms with Crippen molar-refractivity contribution in [2.24, 2.45) is 0 Å². The molecule has 1 aliphatic carbocycles. The average Bonchev–Trinajstić information content (AvgIpc) is 2.74. The summed E-state index contributed by atoms with van der Waals surface area (Å²) in [5.41, 5.74) is 4.06. The van der Waals surface area contributed by atoms with Gasteiger partial charge in [0.25, 0.3) is 0 Å². The number of hydrogen-bond acceptors (Lipinski definition) is 2. The van der Waals surface area contributed by atoms with Crippen LogP contribution in [0.25, 0.3) is 5.57 Å². The van der Waals surface area contributed by atoms with Gasteiger partial charge in [-0.05, 0) is 30.5 Å². The van der Waals surface area contributed by atoms with Crippen molar-refractivity contribution in [2.75, 3.05) is 13.1 Å². The molecule has 19 heavy (non-hydrogen) atoms. The first-order valence-corrected chi connectivity index (χ1v) is 6.46. The monoisotopic (exact) mass is 258 g/mol. The topological polar surface area (TPSA) is 58.2 Å². The molecule has 0 saturated carbocycles. The van der Waals surface area contributed by atoms with Crippen LogP contribution in [0.15, 0.2) is 29.8 Å². The minimum absolute atomic E-state index is 0.0276. The summed E-state index contributed by atoms with van der Waals surface area (Å²) in [7, 11) is 0. The Balaban J connectivity index is 2.02. The lowest BCUT2D eigenvalue weighted by Crippen LogP contribution is -2.37. The molecule has 2 N–H and O–H groups in total. The fourth-order valence-electron chi connectivity index (χ4n) is 2.30. The summed E-state index contributed by atoms with van der Waals surface area (Å²) in [5.74, 6) is -0.315. The summed E-state index contributed by atoms with van der Waals surface area (Å²) in [4.78, 5) is 23.4. The quantitative estimate of drug-likeness (QED) is 0.854. The highest BCUT2D eigenvalue weighted by atomic mass is 16.2. The van der Waals surface area contributed by atoms with Crippen LogP contribution >= 0.6 is 0 Å². The van der Waals surface area contributed by atoms with Crippen LogP contribution in [-0.4, -0.2) is 24.9 Å². The standard InChI is InChI=1S/C15H18N2O2/c1-3-16-14(18)9-17-15(19)13-8-11-6-4-5-7-12(11)10(13)2/h4-7H,3,8-9H2,1-2H3,(H,16,18)(H,17,19). The van der Waals surface area contributed by atoms with Gasteiger partial charge in [0.1, 0.15) is 0 Å². The van der Waals surface area contributed by atoms with E-state index in [0.717, 1.165) is 16.7 Å². The largest absolute Gasteiger partial charge is 0.355 e. The second-order valence-electron chi connectivity index (χ2n) is 4.57. The van der Waals surface area contributed by atoms with Crippen LogP contribution in [0, 0.1) is 0 Å². The van der Waals surface area contributed by atoms with Crippen molar-refractivity contribution in [1.29, 1.82) is 0 Å². The van der Waals surface area contributed by atoms with Crippen molar-refractivity contribution < 1.29 is 9.59 Å². The van der Waals surface area contributed by atoms with Crippen LogP contribution in [0.1, 0.15) is 25.0 Å². The molecule has 0 atom stereocenters. The Morgan fingerprint density at radius 2 is 1.95 bits per heavy atom. The average molecular weight is 258 g/mol. The Morgan fingerprint density at radius 3 is 2.63 bits per heavy atom. The molecule has 1 aliphatic rings. The van der Waals surface area contributed by atoms with E-state index in [9.17, 15) is 9.59 Å². The summed E-state index contributed by atoms with van der Waals surface area (Å²) >= 11 is 0. The highest BCUT2D eigenvalue weighted by Crippen LogP contribution is 2.32. The lowest BCUT2D eigenvalue weighted by molar-refractivity contribution is -0.124. The number of carbonyl (C=O) groups is 2. The van der Waals surface area contributed by atoms with Gasteiger partial charge >= 0.3 is 0 Å². The molecule has 0 unspecified atom stereocenters. The van der Waals surface area contributed by atoms with Crippen LogP contribution in [-0.2, 0) is 16.0 Å². The predicted octanol–water partition coefficient (Wildman–Crippen LogP) is 1.27. The zero-order chi connectivity index (χ0) is 13.8. The molecule has 1 aromatic carbocycles. The first kappa shape index (κ1) is 13.3. The van der Waals surface area contributed by atoms with Crippen molar-refractivity contribution in [3.63, 3.8) is 0 Å². The van der Waals surface area contributed by atoms with E-state index in [1.807, 2.05) is 38.1 Å². The summed E-state index contributed by atoms with van der Waals surface area (Å²) in [6.07, 6.45) is 0.642. The first-order valence-electron chi connectivity index (χ1n) is 6.46. The molecule has 0 spiro atoms. The normalized spacial score (nSPS) is 13.2. The fourth-order valence-corrected chi connectivity index (χ4v) is 2.30. The SMILES string of the molecule is CCNC(=O)CNC(=O)C1=C(C)c2ccccc2C1. The maximum absolute atomic E-state index is 12.1. The van der Waals surface area contributed by atoms with Gasteiger partial charge in [-0.2, -0.15) is 0 Å². The number of benzene rings is 1. The zero-order valence-corrected chi connectivity index (χ0v) is 11.2. The second-order valence-corrected chi connectivity index (χ2v) is 4.57. The minimum Gasteiger partial charge on any atom is -0.355 e. The van der Waals surface area contributed by atoms with E-state index < -0.39 is 0 Å². The van der Waals surface area contributed by atoms with E-state index >= 15 is 0 Å². The first-order chi connectivity index (χ1) is 9.13. The van der Waals surface area contributed by atoms with Gasteiger partial charge in [0.15, 0.2) is 0 Å². The molecular weight excluding hydrogens is 240 g/mol. The van der Waals surface area contributed by atoms with Crippen LogP contribution in [0.2, 0.25) is 0 Å². The van der Waals surface area contributed by atoms with Gasteiger partial charge in [0, 0.05) is 18.5 Å². The molecule has 2 rings (SSSR count). The van der Waals surface area contributed by atoms with Gasteiger partial charge < -0.3 is 10.6 Å². The molecular formula is C15H18N2O2. The molecule has 0 heterocycles. The van der Waals surface area contributed by atoms with Gasteiger partial charge in [-0.15, -0.1) is 0 Å². The number of rotatable bonds is 4. The van der Waals surface area contributed by atoms with E-state index in [1.54, 1.807) is 0 Å². The number of allylic oxidation sites excluding steroid dienone is 1. The highest BCUT2D eigenvalue weighted by molar-refractivity contribution is 6.04. The van der Waals surface area contributed by atoms with Crippen molar-refractivity contribution in [1.82, 2.24) is 10.6 Å². The number of fused-ring (bicyclic) bond motifs is 1. The lowest BCUT2D eigenvalue weighted by Gasteiger charge is -2.06. The number of carbonyl (C=O) groups excluding carboxylic acids is 2. The molecule has 1 aromatic rings. The minimum atomic E-state index is -0.162. The maximum atomic E-state index is 12.1. The summed E-state index contributed by atoms with van der Waals surface area (Å²) in [6, 6.07) is 8.00. The molecule has 4 nitrogen and oxygen atoms in total. The number of likely N-dealkylation sites (N-methyl/N-ethyl adjacent to an activating group) is 1. The van der Waals surface area contributed by atoms with Gasteiger partial charge in [0.2, 0.25) is 11.8 Å². The fraction of sp³-hybridized carbons (Fsp3) is 0.333. The molecule has 2 amide bonds. The Morgan fingerprint density at radius 1 is 1.21 bits per heavy atom. The summed E-state index contributed by atoms with van der Waals surface area (Å²) < 4.78 is 0. The van der Waals surface area contributed by atoms with Crippen LogP contribution in [0.4, 0.5) is 0 Å². The smallest absolute Gasteiger partial charge is 0.248 e. The third-order valence-corrected chi connectivity index (χ3v) is 3.30. The van der Waals surface area contributed by atoms with Gasteiger partial charge in [0.05, 0.1) is 6.54 Å². The number of nitrogens with one attached hydrogen (secondary N) is 2. The molecule has 0 radical (unpaired) electrons. The van der Waals surface area contributed by atoms with Crippen molar-refractivity contribution in [3.05, 3.63) is 41.0 Å². The highest BCUT2D eigenvalue weighted by Gasteiger charge is 2.23. The Bertz CT molecular complexity index is 547. The molecule has 0 bridgehead atoms. The summed E-state index contributed by atoms with van der Waals surface area (Å²) in [5, 5.41) is 5.32. The van der Waals surface area contributed by atoms with E-state index in [4.69, 9.17) is 0 Å². The Hall–Kier alpha value is -2.10. The maximum Gasteiger partial charge on any atom is 0.248 e. The Kier molecular flexibility index (Phi) is 4.00.